The van der Waals surface area contributed by atoms with E-state index in [9.17, 15) is 4.79 Å². The second kappa shape index (κ2) is 7.46. The molecule has 0 spiro atoms. The second-order valence-electron chi connectivity index (χ2n) is 6.17. The molecular formula is C17H27N3O. The summed E-state index contributed by atoms with van der Waals surface area (Å²) in [6.45, 7) is 1.12. The molecule has 0 saturated heterocycles. The van der Waals surface area contributed by atoms with Crippen LogP contribution in [0.25, 0.3) is 0 Å². The summed E-state index contributed by atoms with van der Waals surface area (Å²) in [5, 5.41) is 3.37. The molecular weight excluding hydrogens is 262 g/mol. The van der Waals surface area contributed by atoms with Gasteiger partial charge in [-0.25, -0.2) is 0 Å². The molecule has 1 N–H and O–H groups in total. The van der Waals surface area contributed by atoms with Crippen LogP contribution in [-0.2, 0) is 11.3 Å². The summed E-state index contributed by atoms with van der Waals surface area (Å²) >= 11 is 0. The Morgan fingerprint density at radius 3 is 2.33 bits per heavy atom. The highest BCUT2D eigenvalue weighted by atomic mass is 16.2. The van der Waals surface area contributed by atoms with Crippen LogP contribution in [0.4, 0.5) is 5.69 Å². The summed E-state index contributed by atoms with van der Waals surface area (Å²) in [4.78, 5) is 16.0. The van der Waals surface area contributed by atoms with Crippen LogP contribution in [0.1, 0.15) is 31.2 Å². The zero-order chi connectivity index (χ0) is 15.2. The van der Waals surface area contributed by atoms with Crippen molar-refractivity contribution in [1.29, 1.82) is 0 Å². The number of anilines is 1. The molecule has 0 aliphatic heterocycles. The van der Waals surface area contributed by atoms with E-state index in [2.05, 4.69) is 34.5 Å². The van der Waals surface area contributed by atoms with Gasteiger partial charge in [0.25, 0.3) is 0 Å². The summed E-state index contributed by atoms with van der Waals surface area (Å²) in [6.07, 6.45) is 5.01. The Labute approximate surface area is 128 Å². The maximum absolute atomic E-state index is 12.1. The molecule has 21 heavy (non-hydrogen) atoms. The molecule has 2 rings (SSSR count). The largest absolute Gasteiger partial charge is 0.378 e. The van der Waals surface area contributed by atoms with E-state index in [1.54, 1.807) is 4.90 Å². The SMILES string of the molecule is CN(Cc1ccc(N(C)C)cc1)C(=O)CNC1CCCC1. The smallest absolute Gasteiger partial charge is 0.236 e. The first-order chi connectivity index (χ1) is 10.1. The summed E-state index contributed by atoms with van der Waals surface area (Å²) < 4.78 is 0. The molecule has 0 atom stereocenters. The molecule has 1 amide bonds. The van der Waals surface area contributed by atoms with Gasteiger partial charge in [0.2, 0.25) is 5.91 Å². The standard InChI is InChI=1S/C17H27N3O/c1-19(2)16-10-8-14(9-11-16)13-20(3)17(21)12-18-15-6-4-5-7-15/h8-11,15,18H,4-7,12-13H2,1-3H3. The van der Waals surface area contributed by atoms with E-state index in [1.165, 1.54) is 31.4 Å². The van der Waals surface area contributed by atoms with Crippen molar-refractivity contribution < 1.29 is 4.79 Å². The van der Waals surface area contributed by atoms with Gasteiger partial charge in [-0.1, -0.05) is 25.0 Å². The number of likely N-dealkylation sites (N-methyl/N-ethyl adjacent to an activating group) is 1. The lowest BCUT2D eigenvalue weighted by Crippen LogP contribution is -2.38. The molecule has 1 aromatic rings. The van der Waals surface area contributed by atoms with E-state index in [-0.39, 0.29) is 5.91 Å². The predicted octanol–water partition coefficient (Wildman–Crippen LogP) is 2.24. The van der Waals surface area contributed by atoms with E-state index < -0.39 is 0 Å². The van der Waals surface area contributed by atoms with Crippen molar-refractivity contribution in [2.75, 3.05) is 32.6 Å². The van der Waals surface area contributed by atoms with Gasteiger partial charge >= 0.3 is 0 Å². The first-order valence-electron chi connectivity index (χ1n) is 7.80. The number of hydrogen-bond acceptors (Lipinski definition) is 3. The lowest BCUT2D eigenvalue weighted by Gasteiger charge is -2.20. The fraction of sp³-hybridized carbons (Fsp3) is 0.588. The third-order valence-electron chi connectivity index (χ3n) is 4.20. The van der Waals surface area contributed by atoms with Gasteiger partial charge in [-0.05, 0) is 30.5 Å². The zero-order valence-electron chi connectivity index (χ0n) is 13.4. The average molecular weight is 289 g/mol. The molecule has 1 fully saturated rings. The monoisotopic (exact) mass is 289 g/mol. The van der Waals surface area contributed by atoms with Gasteiger partial charge in [0.05, 0.1) is 6.54 Å². The molecule has 0 bridgehead atoms. The van der Waals surface area contributed by atoms with Crippen molar-refractivity contribution in [3.63, 3.8) is 0 Å². The minimum atomic E-state index is 0.165. The number of carbonyl (C=O) groups excluding carboxylic acids is 1. The highest BCUT2D eigenvalue weighted by molar-refractivity contribution is 5.78. The lowest BCUT2D eigenvalue weighted by molar-refractivity contribution is -0.129. The Bertz CT molecular complexity index is 450. The minimum absolute atomic E-state index is 0.165. The molecule has 1 aliphatic carbocycles. The van der Waals surface area contributed by atoms with Crippen molar-refractivity contribution in [2.24, 2.45) is 0 Å². The first-order valence-corrected chi connectivity index (χ1v) is 7.80. The Morgan fingerprint density at radius 1 is 1.14 bits per heavy atom. The highest BCUT2D eigenvalue weighted by Gasteiger charge is 2.16. The van der Waals surface area contributed by atoms with Crippen molar-refractivity contribution in [2.45, 2.75) is 38.3 Å². The van der Waals surface area contributed by atoms with Gasteiger partial charge < -0.3 is 15.1 Å². The van der Waals surface area contributed by atoms with Crippen LogP contribution in [0.5, 0.6) is 0 Å². The quantitative estimate of drug-likeness (QED) is 0.872. The number of nitrogens with zero attached hydrogens (tertiary/aromatic N) is 2. The van der Waals surface area contributed by atoms with Crippen LogP contribution >= 0.6 is 0 Å². The molecule has 0 radical (unpaired) electrons. The topological polar surface area (TPSA) is 35.6 Å². The highest BCUT2D eigenvalue weighted by Crippen LogP contribution is 2.17. The Kier molecular flexibility index (Phi) is 5.62. The molecule has 116 valence electrons. The van der Waals surface area contributed by atoms with Crippen LogP contribution < -0.4 is 10.2 Å². The van der Waals surface area contributed by atoms with E-state index in [0.29, 0.717) is 19.1 Å². The predicted molar refractivity (Wildman–Crippen MR) is 87.5 cm³/mol. The summed E-state index contributed by atoms with van der Waals surface area (Å²) in [5.41, 5.74) is 2.34. The van der Waals surface area contributed by atoms with Crippen LogP contribution in [0, 0.1) is 0 Å². The van der Waals surface area contributed by atoms with Gasteiger partial charge in [-0.3, -0.25) is 4.79 Å². The average Bonchev–Trinajstić information content (AvgIpc) is 2.98. The fourth-order valence-electron chi connectivity index (χ4n) is 2.76. The maximum Gasteiger partial charge on any atom is 0.236 e. The fourth-order valence-corrected chi connectivity index (χ4v) is 2.76. The van der Waals surface area contributed by atoms with E-state index in [0.717, 1.165) is 5.56 Å². The van der Waals surface area contributed by atoms with Crippen molar-refractivity contribution in [3.05, 3.63) is 29.8 Å². The van der Waals surface area contributed by atoms with Crippen LogP contribution in [0.15, 0.2) is 24.3 Å². The molecule has 4 nitrogen and oxygen atoms in total. The number of rotatable bonds is 6. The van der Waals surface area contributed by atoms with Gasteiger partial charge in [-0.2, -0.15) is 0 Å². The van der Waals surface area contributed by atoms with Crippen LogP contribution in [-0.4, -0.2) is 44.5 Å². The van der Waals surface area contributed by atoms with E-state index in [1.807, 2.05) is 21.1 Å². The molecule has 1 aliphatic rings. The Hall–Kier alpha value is -1.55. The lowest BCUT2D eigenvalue weighted by atomic mass is 10.2. The van der Waals surface area contributed by atoms with Gasteiger partial charge in [0.15, 0.2) is 0 Å². The first kappa shape index (κ1) is 15.8. The normalized spacial score (nSPS) is 15.2. The van der Waals surface area contributed by atoms with Gasteiger partial charge in [-0.15, -0.1) is 0 Å². The Balaban J connectivity index is 1.79. The van der Waals surface area contributed by atoms with Crippen LogP contribution in [0.2, 0.25) is 0 Å². The number of benzene rings is 1. The second-order valence-corrected chi connectivity index (χ2v) is 6.17. The maximum atomic E-state index is 12.1. The molecule has 0 unspecified atom stereocenters. The number of nitrogens with one attached hydrogen (secondary N) is 1. The number of carbonyl (C=O) groups is 1. The minimum Gasteiger partial charge on any atom is -0.378 e. The van der Waals surface area contributed by atoms with E-state index >= 15 is 0 Å². The van der Waals surface area contributed by atoms with Gasteiger partial charge in [0.1, 0.15) is 0 Å². The molecule has 4 heteroatoms. The molecule has 1 saturated carbocycles. The molecule has 1 aromatic carbocycles. The van der Waals surface area contributed by atoms with Crippen molar-refractivity contribution >= 4 is 11.6 Å². The van der Waals surface area contributed by atoms with Crippen molar-refractivity contribution in [3.8, 4) is 0 Å². The molecule has 0 heterocycles. The zero-order valence-corrected chi connectivity index (χ0v) is 13.4. The van der Waals surface area contributed by atoms with Crippen molar-refractivity contribution in [1.82, 2.24) is 10.2 Å². The third kappa shape index (κ3) is 4.74. The summed E-state index contributed by atoms with van der Waals surface area (Å²) in [7, 11) is 5.93. The number of hydrogen-bond donors (Lipinski definition) is 1. The summed E-state index contributed by atoms with van der Waals surface area (Å²) in [5.74, 6) is 0.165. The van der Waals surface area contributed by atoms with E-state index in [4.69, 9.17) is 0 Å². The third-order valence-corrected chi connectivity index (χ3v) is 4.20. The van der Waals surface area contributed by atoms with Gasteiger partial charge in [0, 0.05) is 39.4 Å². The Morgan fingerprint density at radius 2 is 1.76 bits per heavy atom. The number of amides is 1. The summed E-state index contributed by atoms with van der Waals surface area (Å²) in [6, 6.07) is 8.89. The molecule has 0 aromatic heterocycles. The van der Waals surface area contributed by atoms with Crippen LogP contribution in [0.3, 0.4) is 0 Å².